The fraction of sp³-hybridized carbons (Fsp3) is 0.321. The van der Waals surface area contributed by atoms with E-state index in [2.05, 4.69) is 48.2 Å². The van der Waals surface area contributed by atoms with Gasteiger partial charge in [-0.1, -0.05) is 49.4 Å². The van der Waals surface area contributed by atoms with Crippen molar-refractivity contribution in [2.45, 2.75) is 32.5 Å². The molecule has 1 atom stereocenters. The lowest BCUT2D eigenvalue weighted by Crippen LogP contribution is -2.66. The number of carbonyl (C=O) groups excluding carboxylic acids is 2. The minimum absolute atomic E-state index is 0.0515. The third-order valence-electron chi connectivity index (χ3n) is 7.20. The number of piperazine rings is 2. The van der Waals surface area contributed by atoms with Gasteiger partial charge in [0.05, 0.1) is 11.2 Å². The fourth-order valence-corrected chi connectivity index (χ4v) is 6.55. The van der Waals surface area contributed by atoms with E-state index in [1.807, 2.05) is 24.3 Å². The van der Waals surface area contributed by atoms with Gasteiger partial charge in [0, 0.05) is 47.7 Å². The summed E-state index contributed by atoms with van der Waals surface area (Å²) in [7, 11) is 0. The van der Waals surface area contributed by atoms with Crippen molar-refractivity contribution < 1.29 is 9.59 Å². The molecule has 0 radical (unpaired) electrons. The topological polar surface area (TPSA) is 56.8 Å². The number of pyridine rings is 1. The van der Waals surface area contributed by atoms with E-state index < -0.39 is 6.04 Å². The van der Waals surface area contributed by atoms with Gasteiger partial charge >= 0.3 is 0 Å². The second-order valence-corrected chi connectivity index (χ2v) is 10.5. The summed E-state index contributed by atoms with van der Waals surface area (Å²) >= 11 is 1.79. The molecule has 7 heteroatoms. The highest BCUT2D eigenvalue weighted by molar-refractivity contribution is 7.19. The SMILES string of the molecule is CCc1sc2ccccc2c1CN1CC(=O)N2CCN(Cc3ccc4ccccc4n3)CC2C1=O. The number of hydrogen-bond acceptors (Lipinski definition) is 5. The van der Waals surface area contributed by atoms with E-state index in [0.29, 0.717) is 26.2 Å². The lowest BCUT2D eigenvalue weighted by Gasteiger charge is -2.46. The molecule has 4 heterocycles. The van der Waals surface area contributed by atoms with Crippen LogP contribution in [-0.4, -0.2) is 63.7 Å². The van der Waals surface area contributed by atoms with E-state index >= 15 is 0 Å². The Labute approximate surface area is 208 Å². The first kappa shape index (κ1) is 22.2. The Morgan fingerprint density at radius 2 is 1.80 bits per heavy atom. The van der Waals surface area contributed by atoms with Gasteiger partial charge in [-0.15, -0.1) is 11.3 Å². The third-order valence-corrected chi connectivity index (χ3v) is 8.56. The second kappa shape index (κ2) is 9.06. The monoisotopic (exact) mass is 484 g/mol. The number of aryl methyl sites for hydroxylation is 1. The molecule has 2 amide bonds. The van der Waals surface area contributed by atoms with Crippen LogP contribution in [0, 0.1) is 0 Å². The van der Waals surface area contributed by atoms with E-state index in [1.165, 1.54) is 20.5 Å². The molecule has 2 aromatic carbocycles. The molecular weight excluding hydrogens is 456 g/mol. The zero-order chi connectivity index (χ0) is 23.9. The van der Waals surface area contributed by atoms with Crippen LogP contribution < -0.4 is 0 Å². The standard InChI is InChI=1S/C28H28N4O2S/c1-2-25-22(21-8-4-6-10-26(21)35-25)16-31-18-27(33)32-14-13-30(17-24(32)28(31)34)15-20-12-11-19-7-3-5-9-23(19)29-20/h3-12,24H,2,13-18H2,1H3. The maximum atomic E-state index is 13.6. The minimum atomic E-state index is -0.430. The number of nitrogens with zero attached hydrogens (tertiary/aromatic N) is 4. The van der Waals surface area contributed by atoms with Crippen LogP contribution >= 0.6 is 11.3 Å². The Morgan fingerprint density at radius 3 is 2.69 bits per heavy atom. The molecule has 2 fully saturated rings. The quantitative estimate of drug-likeness (QED) is 0.429. The average Bonchev–Trinajstić information content (AvgIpc) is 3.24. The molecule has 2 saturated heterocycles. The maximum absolute atomic E-state index is 13.6. The molecule has 6 rings (SSSR count). The summed E-state index contributed by atoms with van der Waals surface area (Å²) in [5.41, 5.74) is 3.16. The average molecular weight is 485 g/mol. The highest BCUT2D eigenvalue weighted by atomic mass is 32.1. The molecule has 2 aliphatic heterocycles. The smallest absolute Gasteiger partial charge is 0.247 e. The van der Waals surface area contributed by atoms with Crippen molar-refractivity contribution in [2.24, 2.45) is 0 Å². The Balaban J connectivity index is 1.21. The summed E-state index contributed by atoms with van der Waals surface area (Å²) in [5.74, 6) is 0.105. The van der Waals surface area contributed by atoms with Crippen molar-refractivity contribution in [3.63, 3.8) is 0 Å². The van der Waals surface area contributed by atoms with Crippen molar-refractivity contribution in [3.8, 4) is 0 Å². The number of carbonyl (C=O) groups is 2. The zero-order valence-corrected chi connectivity index (χ0v) is 20.6. The summed E-state index contributed by atoms with van der Waals surface area (Å²) in [5, 5.41) is 2.32. The number of thiophene rings is 1. The molecular formula is C28H28N4O2S. The Hall–Kier alpha value is -3.29. The molecule has 0 N–H and O–H groups in total. The molecule has 1 unspecified atom stereocenters. The largest absolute Gasteiger partial charge is 0.327 e. The van der Waals surface area contributed by atoms with Gasteiger partial charge in [0.1, 0.15) is 12.6 Å². The Kier molecular flexibility index (Phi) is 5.74. The number of hydrogen-bond donors (Lipinski definition) is 0. The molecule has 4 aromatic rings. The maximum Gasteiger partial charge on any atom is 0.247 e. The van der Waals surface area contributed by atoms with Crippen LogP contribution in [0.15, 0.2) is 60.7 Å². The second-order valence-electron chi connectivity index (χ2n) is 9.38. The van der Waals surface area contributed by atoms with Crippen LogP contribution in [-0.2, 0) is 29.1 Å². The highest BCUT2D eigenvalue weighted by Crippen LogP contribution is 2.33. The van der Waals surface area contributed by atoms with Crippen LogP contribution in [0.5, 0.6) is 0 Å². The summed E-state index contributed by atoms with van der Waals surface area (Å²) in [6.45, 7) is 5.35. The first-order valence-electron chi connectivity index (χ1n) is 12.3. The van der Waals surface area contributed by atoms with Gasteiger partial charge in [0.15, 0.2) is 0 Å². The third kappa shape index (κ3) is 4.09. The van der Waals surface area contributed by atoms with E-state index in [4.69, 9.17) is 4.98 Å². The molecule has 0 spiro atoms. The summed E-state index contributed by atoms with van der Waals surface area (Å²) < 4.78 is 1.24. The van der Waals surface area contributed by atoms with Gasteiger partial charge < -0.3 is 9.80 Å². The van der Waals surface area contributed by atoms with Gasteiger partial charge in [0.25, 0.3) is 0 Å². The van der Waals surface area contributed by atoms with Crippen LogP contribution in [0.25, 0.3) is 21.0 Å². The molecule has 2 aromatic heterocycles. The van der Waals surface area contributed by atoms with Crippen molar-refractivity contribution in [2.75, 3.05) is 26.2 Å². The number of amides is 2. The van der Waals surface area contributed by atoms with Crippen molar-refractivity contribution in [1.82, 2.24) is 19.7 Å². The molecule has 2 aliphatic rings. The lowest BCUT2D eigenvalue weighted by molar-refractivity contribution is -0.160. The number of benzene rings is 2. The van der Waals surface area contributed by atoms with E-state index in [9.17, 15) is 9.59 Å². The highest BCUT2D eigenvalue weighted by Gasteiger charge is 2.42. The lowest BCUT2D eigenvalue weighted by atomic mass is 10.0. The molecule has 0 aliphatic carbocycles. The van der Waals surface area contributed by atoms with Gasteiger partial charge in [-0.05, 0) is 35.6 Å². The molecule has 178 valence electrons. The predicted molar refractivity (Wildman–Crippen MR) is 139 cm³/mol. The first-order chi connectivity index (χ1) is 17.1. The van der Waals surface area contributed by atoms with Crippen LogP contribution in [0.1, 0.15) is 23.1 Å². The van der Waals surface area contributed by atoms with Crippen molar-refractivity contribution >= 4 is 44.1 Å². The van der Waals surface area contributed by atoms with Crippen LogP contribution in [0.2, 0.25) is 0 Å². The molecule has 35 heavy (non-hydrogen) atoms. The van der Waals surface area contributed by atoms with E-state index in [-0.39, 0.29) is 18.4 Å². The Morgan fingerprint density at radius 1 is 0.971 bits per heavy atom. The Bertz CT molecular complexity index is 1430. The van der Waals surface area contributed by atoms with Gasteiger partial charge in [-0.3, -0.25) is 19.5 Å². The van der Waals surface area contributed by atoms with E-state index in [0.717, 1.165) is 29.6 Å². The summed E-state index contributed by atoms with van der Waals surface area (Å²) in [4.78, 5) is 38.6. The number of para-hydroxylation sites is 1. The normalized spacial score (nSPS) is 19.1. The van der Waals surface area contributed by atoms with Crippen molar-refractivity contribution in [1.29, 1.82) is 0 Å². The fourth-order valence-electron chi connectivity index (χ4n) is 5.39. The van der Waals surface area contributed by atoms with Crippen LogP contribution in [0.4, 0.5) is 0 Å². The summed E-state index contributed by atoms with van der Waals surface area (Å²) in [6, 6.07) is 20.2. The number of aromatic nitrogens is 1. The summed E-state index contributed by atoms with van der Waals surface area (Å²) in [6.07, 6.45) is 0.923. The van der Waals surface area contributed by atoms with Crippen LogP contribution in [0.3, 0.4) is 0 Å². The van der Waals surface area contributed by atoms with Gasteiger partial charge in [-0.25, -0.2) is 0 Å². The molecule has 0 bridgehead atoms. The van der Waals surface area contributed by atoms with Gasteiger partial charge in [-0.2, -0.15) is 0 Å². The first-order valence-corrected chi connectivity index (χ1v) is 13.1. The molecule has 0 saturated carbocycles. The zero-order valence-electron chi connectivity index (χ0n) is 19.8. The number of fused-ring (bicyclic) bond motifs is 3. The minimum Gasteiger partial charge on any atom is -0.327 e. The van der Waals surface area contributed by atoms with Crippen molar-refractivity contribution in [3.05, 3.63) is 76.8 Å². The predicted octanol–water partition coefficient (Wildman–Crippen LogP) is 4.07. The number of rotatable bonds is 5. The van der Waals surface area contributed by atoms with E-state index in [1.54, 1.807) is 21.1 Å². The molecule has 6 nitrogen and oxygen atoms in total. The van der Waals surface area contributed by atoms with Gasteiger partial charge in [0.2, 0.25) is 11.8 Å².